The van der Waals surface area contributed by atoms with Crippen molar-refractivity contribution in [2.24, 2.45) is 0 Å². The zero-order chi connectivity index (χ0) is 13.1. The van der Waals surface area contributed by atoms with Gasteiger partial charge in [-0.1, -0.05) is 34.5 Å². The molecule has 94 valence electrons. The first kappa shape index (κ1) is 12.5. The third kappa shape index (κ3) is 3.26. The smallest absolute Gasteiger partial charge is 0.234 e. The average Bonchev–Trinajstić information content (AvgIpc) is 2.62. The van der Waals surface area contributed by atoms with E-state index in [1.54, 1.807) is 0 Å². The lowest BCUT2D eigenvalue weighted by Crippen LogP contribution is -1.97. The molecule has 0 atom stereocenters. The van der Waals surface area contributed by atoms with Crippen LogP contribution in [-0.2, 0) is 17.6 Å². The molecular weight excluding hydrogens is 228 g/mol. The molecule has 4 nitrogen and oxygen atoms in total. The van der Waals surface area contributed by atoms with E-state index in [2.05, 4.69) is 42.2 Å². The second-order valence-corrected chi connectivity index (χ2v) is 4.66. The molecule has 1 heterocycles. The topological polar surface area (TPSA) is 56.0 Å². The van der Waals surface area contributed by atoms with Gasteiger partial charge in [0.25, 0.3) is 0 Å². The van der Waals surface area contributed by atoms with Crippen LogP contribution in [-0.4, -0.2) is 15.9 Å². The first-order chi connectivity index (χ1) is 8.52. The minimum Gasteiger partial charge on any atom is -0.339 e. The molecule has 0 aliphatic rings. The van der Waals surface area contributed by atoms with E-state index in [1.807, 2.05) is 0 Å². The zero-order valence-electron chi connectivity index (χ0n) is 10.9. The van der Waals surface area contributed by atoms with Crippen LogP contribution in [0.3, 0.4) is 0 Å². The molecule has 0 aliphatic carbocycles. The summed E-state index contributed by atoms with van der Waals surface area (Å²) in [5, 5.41) is 3.89. The van der Waals surface area contributed by atoms with Gasteiger partial charge in [0, 0.05) is 6.42 Å². The van der Waals surface area contributed by atoms with Crippen molar-refractivity contribution in [3.8, 4) is 0 Å². The summed E-state index contributed by atoms with van der Waals surface area (Å²) in [5.74, 6) is 1.04. The Hall–Kier alpha value is -1.97. The van der Waals surface area contributed by atoms with Gasteiger partial charge in [0.15, 0.2) is 5.82 Å². The van der Waals surface area contributed by atoms with Gasteiger partial charge in [0.05, 0.1) is 6.42 Å². The molecule has 2 aromatic rings. The van der Waals surface area contributed by atoms with Crippen molar-refractivity contribution in [1.82, 2.24) is 10.1 Å². The molecule has 1 aromatic heterocycles. The number of hydrogen-bond acceptors (Lipinski definition) is 4. The summed E-state index contributed by atoms with van der Waals surface area (Å²) in [4.78, 5) is 15.1. The second-order valence-electron chi connectivity index (χ2n) is 4.66. The highest BCUT2D eigenvalue weighted by Crippen LogP contribution is 2.12. The molecular formula is C14H16N2O2. The Labute approximate surface area is 106 Å². The quantitative estimate of drug-likeness (QED) is 0.828. The van der Waals surface area contributed by atoms with Crippen molar-refractivity contribution < 1.29 is 9.32 Å². The lowest BCUT2D eigenvalue weighted by atomic mass is 10.1. The molecule has 0 unspecified atom stereocenters. The molecule has 1 aromatic carbocycles. The van der Waals surface area contributed by atoms with E-state index in [0.29, 0.717) is 18.1 Å². The van der Waals surface area contributed by atoms with E-state index in [1.165, 1.54) is 18.1 Å². The summed E-state index contributed by atoms with van der Waals surface area (Å²) >= 11 is 0. The first-order valence-corrected chi connectivity index (χ1v) is 5.91. The van der Waals surface area contributed by atoms with Crippen molar-refractivity contribution in [3.63, 3.8) is 0 Å². The molecule has 2 rings (SSSR count). The highest BCUT2D eigenvalue weighted by molar-refractivity contribution is 5.77. The molecule has 0 saturated heterocycles. The largest absolute Gasteiger partial charge is 0.339 e. The van der Waals surface area contributed by atoms with E-state index in [4.69, 9.17) is 4.52 Å². The maximum Gasteiger partial charge on any atom is 0.234 e. The van der Waals surface area contributed by atoms with Crippen LogP contribution in [0.4, 0.5) is 0 Å². The predicted octanol–water partition coefficient (Wildman–Crippen LogP) is 2.41. The number of hydrogen-bond donors (Lipinski definition) is 0. The predicted molar refractivity (Wildman–Crippen MR) is 67.4 cm³/mol. The van der Waals surface area contributed by atoms with Crippen LogP contribution in [0.1, 0.15) is 35.3 Å². The van der Waals surface area contributed by atoms with Crippen LogP contribution >= 0.6 is 0 Å². The van der Waals surface area contributed by atoms with Crippen molar-refractivity contribution >= 4 is 5.78 Å². The Morgan fingerprint density at radius 2 is 1.89 bits per heavy atom. The number of aromatic nitrogens is 2. The maximum atomic E-state index is 10.9. The van der Waals surface area contributed by atoms with Crippen LogP contribution in [0.15, 0.2) is 22.7 Å². The van der Waals surface area contributed by atoms with Gasteiger partial charge < -0.3 is 4.52 Å². The molecule has 0 radical (unpaired) electrons. The summed E-state index contributed by atoms with van der Waals surface area (Å²) in [6, 6.07) is 6.34. The minimum absolute atomic E-state index is 0.0246. The number of nitrogens with zero attached hydrogens (tertiary/aromatic N) is 2. The molecule has 0 aliphatic heterocycles. The summed E-state index contributed by atoms with van der Waals surface area (Å²) in [7, 11) is 0. The Morgan fingerprint density at radius 1 is 1.22 bits per heavy atom. The van der Waals surface area contributed by atoms with E-state index < -0.39 is 0 Å². The SMILES string of the molecule is CC(=O)Cc1nc(Cc2cc(C)cc(C)c2)no1. The van der Waals surface area contributed by atoms with Crippen LogP contribution < -0.4 is 0 Å². The van der Waals surface area contributed by atoms with Crippen LogP contribution in [0.25, 0.3) is 0 Å². The summed E-state index contributed by atoms with van der Waals surface area (Å²) in [6.45, 7) is 5.63. The fourth-order valence-corrected chi connectivity index (χ4v) is 2.00. The molecule has 0 amide bonds. The maximum absolute atomic E-state index is 10.9. The Kier molecular flexibility index (Phi) is 3.55. The number of ketones is 1. The third-order valence-corrected chi connectivity index (χ3v) is 2.55. The first-order valence-electron chi connectivity index (χ1n) is 5.91. The number of carbonyl (C=O) groups is 1. The van der Waals surface area contributed by atoms with Crippen LogP contribution in [0, 0.1) is 13.8 Å². The van der Waals surface area contributed by atoms with Gasteiger partial charge >= 0.3 is 0 Å². The van der Waals surface area contributed by atoms with Crippen LogP contribution in [0.2, 0.25) is 0 Å². The van der Waals surface area contributed by atoms with E-state index in [9.17, 15) is 4.79 Å². The molecule has 0 fully saturated rings. The van der Waals surface area contributed by atoms with Gasteiger partial charge in [-0.2, -0.15) is 4.98 Å². The number of benzene rings is 1. The van der Waals surface area contributed by atoms with Crippen molar-refractivity contribution in [3.05, 3.63) is 46.6 Å². The summed E-state index contributed by atoms with van der Waals surface area (Å²) < 4.78 is 5.03. The van der Waals surface area contributed by atoms with Gasteiger partial charge in [-0.25, -0.2) is 0 Å². The monoisotopic (exact) mass is 244 g/mol. The Balaban J connectivity index is 2.13. The molecule has 0 spiro atoms. The normalized spacial score (nSPS) is 10.6. The average molecular weight is 244 g/mol. The lowest BCUT2D eigenvalue weighted by Gasteiger charge is -2.01. The third-order valence-electron chi connectivity index (χ3n) is 2.55. The molecule has 18 heavy (non-hydrogen) atoms. The fourth-order valence-electron chi connectivity index (χ4n) is 2.00. The standard InChI is InChI=1S/C14H16N2O2/c1-9-4-10(2)6-12(5-9)8-13-15-14(18-16-13)7-11(3)17/h4-6H,7-8H2,1-3H3. The number of rotatable bonds is 4. The number of aryl methyl sites for hydroxylation is 2. The number of carbonyl (C=O) groups excluding carboxylic acids is 1. The molecule has 0 N–H and O–H groups in total. The molecule has 4 heteroatoms. The van der Waals surface area contributed by atoms with E-state index >= 15 is 0 Å². The minimum atomic E-state index is 0.0246. The van der Waals surface area contributed by atoms with Gasteiger partial charge in [-0.05, 0) is 26.3 Å². The summed E-state index contributed by atoms with van der Waals surface area (Å²) in [5.41, 5.74) is 3.59. The highest BCUT2D eigenvalue weighted by Gasteiger charge is 2.09. The highest BCUT2D eigenvalue weighted by atomic mass is 16.5. The number of Topliss-reactive ketones (excluding diaryl/α,β-unsaturated/α-hetero) is 1. The van der Waals surface area contributed by atoms with Crippen molar-refractivity contribution in [2.75, 3.05) is 0 Å². The van der Waals surface area contributed by atoms with E-state index in [0.717, 1.165) is 5.56 Å². The van der Waals surface area contributed by atoms with E-state index in [-0.39, 0.29) is 12.2 Å². The van der Waals surface area contributed by atoms with Gasteiger partial charge in [0.1, 0.15) is 5.78 Å². The Morgan fingerprint density at radius 3 is 2.50 bits per heavy atom. The van der Waals surface area contributed by atoms with Crippen molar-refractivity contribution in [1.29, 1.82) is 0 Å². The molecule has 0 saturated carbocycles. The van der Waals surface area contributed by atoms with Gasteiger partial charge in [-0.15, -0.1) is 0 Å². The molecule has 0 bridgehead atoms. The van der Waals surface area contributed by atoms with Gasteiger partial charge in [-0.3, -0.25) is 4.79 Å². The fraction of sp³-hybridized carbons (Fsp3) is 0.357. The van der Waals surface area contributed by atoms with Crippen LogP contribution in [0.5, 0.6) is 0 Å². The van der Waals surface area contributed by atoms with Gasteiger partial charge in [0.2, 0.25) is 5.89 Å². The van der Waals surface area contributed by atoms with Crippen molar-refractivity contribution in [2.45, 2.75) is 33.6 Å². The second kappa shape index (κ2) is 5.12. The summed E-state index contributed by atoms with van der Waals surface area (Å²) in [6.07, 6.45) is 0.837. The lowest BCUT2D eigenvalue weighted by molar-refractivity contribution is -0.116. The zero-order valence-corrected chi connectivity index (χ0v) is 10.9. The Bertz CT molecular complexity index is 553.